The number of rotatable bonds is 4. The van der Waals surface area contributed by atoms with Crippen LogP contribution in [0.3, 0.4) is 0 Å². The van der Waals surface area contributed by atoms with Crippen molar-refractivity contribution in [2.75, 3.05) is 6.24 Å². The van der Waals surface area contributed by atoms with Gasteiger partial charge in [-0.3, -0.25) is 0 Å². The van der Waals surface area contributed by atoms with Crippen LogP contribution in [0.2, 0.25) is 0 Å². The first-order valence-corrected chi connectivity index (χ1v) is 10.4. The molecule has 0 atom stereocenters. The molecule has 0 saturated heterocycles. The van der Waals surface area contributed by atoms with Crippen LogP contribution < -0.4 is 15.9 Å². The van der Waals surface area contributed by atoms with E-state index in [-0.39, 0.29) is 0 Å². The average molecular weight is 340 g/mol. The molecule has 3 aromatic rings. The average Bonchev–Trinajstić information content (AvgIpc) is 2.69. The van der Waals surface area contributed by atoms with E-state index in [1.165, 1.54) is 0 Å². The molecule has 0 spiro atoms. The standard InChI is InChI=1S/C20H17ClNP/c1-22-17-23(21,18-11-5-2-6-12-18,19-13-7-3-8-14-19)20-15-9-4-10-16-20/h2-16H,17H2/i17D2. The summed E-state index contributed by atoms with van der Waals surface area (Å²) in [5.41, 5.74) is 0. The van der Waals surface area contributed by atoms with Gasteiger partial charge in [-0.25, -0.2) is 0 Å². The Morgan fingerprint density at radius 2 is 1.04 bits per heavy atom. The van der Waals surface area contributed by atoms with E-state index < -0.39 is 12.2 Å². The molecule has 0 amide bonds. The molecule has 0 heterocycles. The Bertz CT molecular complexity index is 809. The molecule has 114 valence electrons. The van der Waals surface area contributed by atoms with Crippen LogP contribution in [0.1, 0.15) is 2.74 Å². The fraction of sp³-hybridized carbons (Fsp3) is 0.0500. The minimum absolute atomic E-state index is 0.647. The van der Waals surface area contributed by atoms with Gasteiger partial charge < -0.3 is 0 Å². The summed E-state index contributed by atoms with van der Waals surface area (Å²) in [7, 11) is 0. The van der Waals surface area contributed by atoms with Gasteiger partial charge in [-0.1, -0.05) is 0 Å². The molecule has 0 aliphatic carbocycles. The third kappa shape index (κ3) is 2.45. The Balaban J connectivity index is 2.58. The zero-order valence-corrected chi connectivity index (χ0v) is 14.1. The van der Waals surface area contributed by atoms with Crippen LogP contribution in [-0.4, -0.2) is 6.24 Å². The zero-order chi connectivity index (χ0) is 18.0. The molecule has 3 heteroatoms. The van der Waals surface area contributed by atoms with Gasteiger partial charge in [0.05, 0.1) is 0 Å². The van der Waals surface area contributed by atoms with Gasteiger partial charge in [0.2, 0.25) is 0 Å². The quantitative estimate of drug-likeness (QED) is 0.485. The second-order valence-electron chi connectivity index (χ2n) is 5.23. The van der Waals surface area contributed by atoms with Crippen LogP contribution in [-0.2, 0) is 0 Å². The van der Waals surface area contributed by atoms with Crippen molar-refractivity contribution >= 4 is 33.1 Å². The second-order valence-corrected chi connectivity index (χ2v) is 11.0. The summed E-state index contributed by atoms with van der Waals surface area (Å²) < 4.78 is 17.5. The number of nitrogens with zero attached hydrogens (tertiary/aromatic N) is 1. The number of benzene rings is 3. The molecule has 3 rings (SSSR count). The number of hydrogen-bond donors (Lipinski definition) is 0. The Kier molecular flexibility index (Phi) is 3.57. The Morgan fingerprint density at radius 3 is 1.30 bits per heavy atom. The molecular weight excluding hydrogens is 321 g/mol. The number of hydrogen-bond acceptors (Lipinski definition) is 0. The van der Waals surface area contributed by atoms with Crippen LogP contribution >= 0.6 is 17.2 Å². The minimum atomic E-state index is -4.22. The van der Waals surface area contributed by atoms with Gasteiger partial charge in [-0.05, 0) is 0 Å². The van der Waals surface area contributed by atoms with Crippen molar-refractivity contribution in [3.8, 4) is 0 Å². The molecule has 0 unspecified atom stereocenters. The molecule has 0 bridgehead atoms. The van der Waals surface area contributed by atoms with Crippen molar-refractivity contribution in [3.05, 3.63) is 102 Å². The molecule has 1 nitrogen and oxygen atoms in total. The molecule has 0 fully saturated rings. The van der Waals surface area contributed by atoms with Crippen LogP contribution in [0.5, 0.6) is 0 Å². The molecule has 0 aromatic heterocycles. The van der Waals surface area contributed by atoms with Gasteiger partial charge in [0.15, 0.2) is 0 Å². The molecular formula is C20H17ClNP. The third-order valence-electron chi connectivity index (χ3n) is 3.96. The van der Waals surface area contributed by atoms with E-state index in [1.54, 1.807) is 0 Å². The number of halogens is 1. The Labute approximate surface area is 144 Å². The first-order chi connectivity index (χ1) is 12.0. The fourth-order valence-corrected chi connectivity index (χ4v) is 7.59. The van der Waals surface area contributed by atoms with Crippen molar-refractivity contribution in [2.45, 2.75) is 0 Å². The zero-order valence-electron chi connectivity index (χ0n) is 14.4. The molecule has 3 aromatic carbocycles. The van der Waals surface area contributed by atoms with E-state index in [0.717, 1.165) is 0 Å². The van der Waals surface area contributed by atoms with E-state index in [1.807, 2.05) is 91.0 Å². The van der Waals surface area contributed by atoms with E-state index in [0.29, 0.717) is 15.9 Å². The first kappa shape index (κ1) is 13.3. The Hall–Kier alpha value is -2.13. The maximum atomic E-state index is 8.73. The van der Waals surface area contributed by atoms with Gasteiger partial charge >= 0.3 is 145 Å². The van der Waals surface area contributed by atoms with Gasteiger partial charge in [0.1, 0.15) is 0 Å². The normalized spacial score (nSPS) is 14.7. The summed E-state index contributed by atoms with van der Waals surface area (Å²) >= 11 is 7.51. The Morgan fingerprint density at radius 1 is 0.739 bits per heavy atom. The monoisotopic (exact) mass is 339 g/mol. The first-order valence-electron chi connectivity index (χ1n) is 8.24. The molecule has 0 N–H and O–H groups in total. The van der Waals surface area contributed by atoms with E-state index >= 15 is 0 Å². The van der Waals surface area contributed by atoms with Crippen molar-refractivity contribution in [1.82, 2.24) is 0 Å². The van der Waals surface area contributed by atoms with Crippen molar-refractivity contribution in [3.63, 3.8) is 0 Å². The summed E-state index contributed by atoms with van der Waals surface area (Å²) in [5, 5.41) is 1.94. The summed E-state index contributed by atoms with van der Waals surface area (Å²) in [6.45, 7) is 7.63. The van der Waals surface area contributed by atoms with Crippen LogP contribution in [0.25, 0.3) is 4.85 Å². The van der Waals surface area contributed by atoms with Crippen LogP contribution in [0, 0.1) is 6.57 Å². The van der Waals surface area contributed by atoms with Gasteiger partial charge in [-0.15, -0.1) is 0 Å². The molecule has 0 saturated carbocycles. The summed E-state index contributed by atoms with van der Waals surface area (Å²) in [6.07, 6.45) is -2.31. The van der Waals surface area contributed by atoms with Crippen LogP contribution in [0.15, 0.2) is 91.0 Å². The predicted molar refractivity (Wildman–Crippen MR) is 102 cm³/mol. The fourth-order valence-electron chi connectivity index (χ4n) is 2.84. The van der Waals surface area contributed by atoms with Gasteiger partial charge in [0.25, 0.3) is 0 Å². The van der Waals surface area contributed by atoms with E-state index in [4.69, 9.17) is 20.6 Å². The van der Waals surface area contributed by atoms with Crippen molar-refractivity contribution in [2.24, 2.45) is 0 Å². The van der Waals surface area contributed by atoms with Crippen molar-refractivity contribution < 1.29 is 2.74 Å². The summed E-state index contributed by atoms with van der Waals surface area (Å²) in [4.78, 5) is 3.40. The third-order valence-corrected chi connectivity index (χ3v) is 10.2. The molecule has 0 radical (unpaired) electrons. The maximum absolute atomic E-state index is 8.73. The predicted octanol–water partition coefficient (Wildman–Crippen LogP) is 4.55. The van der Waals surface area contributed by atoms with Gasteiger partial charge in [-0.2, -0.15) is 0 Å². The van der Waals surface area contributed by atoms with Crippen LogP contribution in [0.4, 0.5) is 0 Å². The SMILES string of the molecule is [2H]C([2H])([N+]#[C-])P(Cl)(c1ccccc1)(c1ccccc1)c1ccccc1. The van der Waals surface area contributed by atoms with Crippen molar-refractivity contribution in [1.29, 1.82) is 0 Å². The summed E-state index contributed by atoms with van der Waals surface area (Å²) in [6, 6.07) is 27.6. The topological polar surface area (TPSA) is 4.36 Å². The second kappa shape index (κ2) is 6.17. The van der Waals surface area contributed by atoms with Gasteiger partial charge in [0, 0.05) is 0 Å². The molecule has 0 aliphatic heterocycles. The molecule has 0 aliphatic rings. The van der Waals surface area contributed by atoms with E-state index in [9.17, 15) is 0 Å². The van der Waals surface area contributed by atoms with E-state index in [2.05, 4.69) is 4.85 Å². The summed E-state index contributed by atoms with van der Waals surface area (Å²) in [5.74, 6) is -4.22. The molecule has 23 heavy (non-hydrogen) atoms.